The first kappa shape index (κ1) is 23.7. The molecule has 1 atom stereocenters. The first-order chi connectivity index (χ1) is 17.9. The third-order valence-electron chi connectivity index (χ3n) is 6.97. The van der Waals surface area contributed by atoms with Crippen LogP contribution in [0.25, 0.3) is 22.0 Å². The second-order valence-corrected chi connectivity index (χ2v) is 9.43. The number of likely N-dealkylation sites (tertiary alicyclic amines) is 1. The lowest BCUT2D eigenvalue weighted by molar-refractivity contribution is -0.137. The fourth-order valence-electron chi connectivity index (χ4n) is 5.03. The molecule has 3 aromatic carbocycles. The van der Waals surface area contributed by atoms with Crippen LogP contribution in [0, 0.1) is 12.0 Å². The molecule has 0 saturated carbocycles. The average Bonchev–Trinajstić information content (AvgIpc) is 2.88. The van der Waals surface area contributed by atoms with E-state index < -0.39 is 17.8 Å². The Balaban J connectivity index is 1.31. The van der Waals surface area contributed by atoms with Crippen molar-refractivity contribution in [3.8, 4) is 22.6 Å². The Morgan fingerprint density at radius 1 is 1.05 bits per heavy atom. The maximum absolute atomic E-state index is 13.4. The van der Waals surface area contributed by atoms with Crippen molar-refractivity contribution in [1.82, 2.24) is 9.88 Å². The van der Waals surface area contributed by atoms with Crippen molar-refractivity contribution < 1.29 is 27.0 Å². The van der Waals surface area contributed by atoms with Crippen LogP contribution >= 0.6 is 0 Å². The van der Waals surface area contributed by atoms with E-state index in [-0.39, 0.29) is 18.3 Å². The second-order valence-electron chi connectivity index (χ2n) is 9.43. The van der Waals surface area contributed by atoms with Crippen molar-refractivity contribution >= 4 is 10.9 Å². The van der Waals surface area contributed by atoms with E-state index in [0.29, 0.717) is 17.9 Å². The van der Waals surface area contributed by atoms with Crippen LogP contribution in [0.4, 0.5) is 17.6 Å². The van der Waals surface area contributed by atoms with Gasteiger partial charge in [0.15, 0.2) is 6.10 Å². The Kier molecular flexibility index (Phi) is 5.99. The highest BCUT2D eigenvalue weighted by Crippen LogP contribution is 2.48. The Bertz CT molecular complexity index is 1430. The second kappa shape index (κ2) is 9.34. The molecule has 0 aliphatic carbocycles. The molecule has 37 heavy (non-hydrogen) atoms. The molecule has 189 valence electrons. The minimum absolute atomic E-state index is 0.138. The largest absolute Gasteiger partial charge is 0.492 e. The predicted molar refractivity (Wildman–Crippen MR) is 131 cm³/mol. The van der Waals surface area contributed by atoms with Crippen molar-refractivity contribution in [1.29, 1.82) is 0 Å². The summed E-state index contributed by atoms with van der Waals surface area (Å²) in [5.41, 5.74) is 2.90. The van der Waals surface area contributed by atoms with Crippen molar-refractivity contribution in [2.75, 3.05) is 32.9 Å². The Hall–Kier alpha value is -3.65. The number of fused-ring (bicyclic) bond motifs is 5. The lowest BCUT2D eigenvalue weighted by atomic mass is 9.87. The molecule has 2 aliphatic heterocycles. The van der Waals surface area contributed by atoms with Crippen LogP contribution in [0.3, 0.4) is 0 Å². The van der Waals surface area contributed by atoms with E-state index in [9.17, 15) is 17.6 Å². The molecule has 8 heteroatoms. The van der Waals surface area contributed by atoms with Gasteiger partial charge in [0.25, 0.3) is 0 Å². The topological polar surface area (TPSA) is 34.6 Å². The molecular formula is C29H23F4N2O2. The molecule has 1 unspecified atom stereocenters. The van der Waals surface area contributed by atoms with Crippen LogP contribution in [0.15, 0.2) is 66.9 Å². The summed E-state index contributed by atoms with van der Waals surface area (Å²) in [7, 11) is 0. The highest BCUT2D eigenvalue weighted by molar-refractivity contribution is 5.91. The molecular weight excluding hydrogens is 484 g/mol. The smallest absolute Gasteiger partial charge is 0.416 e. The monoisotopic (exact) mass is 507 g/mol. The Morgan fingerprint density at radius 3 is 2.62 bits per heavy atom. The van der Waals surface area contributed by atoms with Gasteiger partial charge in [-0.25, -0.2) is 0 Å². The molecule has 0 spiro atoms. The lowest BCUT2D eigenvalue weighted by Gasteiger charge is -2.37. The third-order valence-corrected chi connectivity index (χ3v) is 6.97. The summed E-state index contributed by atoms with van der Waals surface area (Å²) in [5.74, 6) is 0.980. The molecule has 0 bridgehead atoms. The van der Waals surface area contributed by atoms with Gasteiger partial charge in [-0.1, -0.05) is 24.3 Å². The molecule has 1 saturated heterocycles. The fourth-order valence-corrected chi connectivity index (χ4v) is 5.03. The van der Waals surface area contributed by atoms with E-state index >= 15 is 0 Å². The number of halogens is 4. The van der Waals surface area contributed by atoms with E-state index in [4.69, 9.17) is 9.47 Å². The number of alkyl halides is 4. The number of hydrogen-bond donors (Lipinski definition) is 0. The van der Waals surface area contributed by atoms with Crippen molar-refractivity contribution in [2.24, 2.45) is 5.92 Å². The van der Waals surface area contributed by atoms with E-state index in [1.807, 2.05) is 30.3 Å². The highest BCUT2D eigenvalue weighted by atomic mass is 19.4. The minimum atomic E-state index is -4.48. The van der Waals surface area contributed by atoms with E-state index in [1.165, 1.54) is 6.07 Å². The first-order valence-corrected chi connectivity index (χ1v) is 12.1. The Morgan fingerprint density at radius 2 is 1.86 bits per heavy atom. The summed E-state index contributed by atoms with van der Waals surface area (Å²) in [5, 5.41) is 0.855. The molecule has 6 rings (SSSR count). The van der Waals surface area contributed by atoms with Crippen molar-refractivity contribution in [2.45, 2.75) is 12.3 Å². The third kappa shape index (κ3) is 4.50. The van der Waals surface area contributed by atoms with Gasteiger partial charge in [-0.15, -0.1) is 0 Å². The SMILES string of the molecule is FCC1CN(CCOc2ccc(C3Oc4cc(C(F)(F)F)ccc4-c4cnc5c[c]ccc5c43)cc2)C1. The van der Waals surface area contributed by atoms with Gasteiger partial charge in [0.05, 0.1) is 17.8 Å². The van der Waals surface area contributed by atoms with Crippen LogP contribution < -0.4 is 9.47 Å². The molecule has 1 aromatic heterocycles. The van der Waals surface area contributed by atoms with Gasteiger partial charge in [-0.2, -0.15) is 13.2 Å². The van der Waals surface area contributed by atoms with Gasteiger partial charge >= 0.3 is 6.18 Å². The average molecular weight is 508 g/mol. The fraction of sp³-hybridized carbons (Fsp3) is 0.276. The zero-order valence-corrected chi connectivity index (χ0v) is 19.8. The van der Waals surface area contributed by atoms with Crippen LogP contribution in [0.1, 0.15) is 22.8 Å². The summed E-state index contributed by atoms with van der Waals surface area (Å²) in [6.45, 7) is 2.45. The number of rotatable bonds is 6. The molecule has 1 fully saturated rings. The molecule has 3 heterocycles. The zero-order valence-electron chi connectivity index (χ0n) is 19.8. The van der Waals surface area contributed by atoms with Crippen LogP contribution in [-0.2, 0) is 6.18 Å². The quantitative estimate of drug-likeness (QED) is 0.280. The number of pyridine rings is 1. The van der Waals surface area contributed by atoms with Gasteiger partial charge in [0.2, 0.25) is 0 Å². The van der Waals surface area contributed by atoms with Gasteiger partial charge in [0, 0.05) is 53.8 Å². The molecule has 0 amide bonds. The van der Waals surface area contributed by atoms with Gasteiger partial charge in [-0.05, 0) is 48.0 Å². The maximum Gasteiger partial charge on any atom is 0.416 e. The van der Waals surface area contributed by atoms with E-state index in [2.05, 4.69) is 16.0 Å². The molecule has 4 aromatic rings. The van der Waals surface area contributed by atoms with Crippen molar-refractivity contribution in [3.05, 3.63) is 89.6 Å². The number of benzene rings is 3. The summed E-state index contributed by atoms with van der Waals surface area (Å²) < 4.78 is 65.0. The van der Waals surface area contributed by atoms with Gasteiger partial charge in [-0.3, -0.25) is 14.3 Å². The number of hydrogen-bond acceptors (Lipinski definition) is 4. The number of ether oxygens (including phenoxy) is 2. The van der Waals surface area contributed by atoms with E-state index in [0.717, 1.165) is 59.4 Å². The molecule has 4 nitrogen and oxygen atoms in total. The lowest BCUT2D eigenvalue weighted by Crippen LogP contribution is -2.49. The number of nitrogens with zero attached hydrogens (tertiary/aromatic N) is 2. The summed E-state index contributed by atoms with van der Waals surface area (Å²) in [6, 6.07) is 19.4. The minimum Gasteiger partial charge on any atom is -0.492 e. The summed E-state index contributed by atoms with van der Waals surface area (Å²) >= 11 is 0. The van der Waals surface area contributed by atoms with Gasteiger partial charge < -0.3 is 9.47 Å². The predicted octanol–water partition coefficient (Wildman–Crippen LogP) is 6.48. The first-order valence-electron chi connectivity index (χ1n) is 12.1. The molecule has 0 N–H and O–H groups in total. The summed E-state index contributed by atoms with van der Waals surface area (Å²) in [6.07, 6.45) is -3.42. The van der Waals surface area contributed by atoms with Gasteiger partial charge in [0.1, 0.15) is 18.1 Å². The zero-order chi connectivity index (χ0) is 25.6. The van der Waals surface area contributed by atoms with E-state index in [1.54, 1.807) is 18.3 Å². The normalized spacial score (nSPS) is 17.6. The van der Waals surface area contributed by atoms with Crippen LogP contribution in [-0.4, -0.2) is 42.8 Å². The highest BCUT2D eigenvalue weighted by Gasteiger charge is 2.35. The molecule has 2 aliphatic rings. The van der Waals surface area contributed by atoms with Crippen LogP contribution in [0.5, 0.6) is 11.5 Å². The van der Waals surface area contributed by atoms with Crippen LogP contribution in [0.2, 0.25) is 0 Å². The Labute approximate surface area is 211 Å². The summed E-state index contributed by atoms with van der Waals surface area (Å²) in [4.78, 5) is 6.67. The molecule has 1 radical (unpaired) electrons. The number of aromatic nitrogens is 1. The van der Waals surface area contributed by atoms with Crippen molar-refractivity contribution in [3.63, 3.8) is 0 Å². The standard InChI is InChI=1S/C29H23F4N2O2/c30-14-18-16-35(17-18)11-12-36-21-8-5-19(6-9-21)28-27-23-3-1-2-4-25(23)34-15-24(27)22-10-7-20(29(31,32)33)13-26(22)37-28/h1,3-10,13,15,18,28H,11-12,14,16-17H2. The maximum atomic E-state index is 13.4.